The Morgan fingerprint density at radius 1 is 1.16 bits per heavy atom. The summed E-state index contributed by atoms with van der Waals surface area (Å²) in [6.07, 6.45) is 5.95. The Hall–Kier alpha value is -1.35. The summed E-state index contributed by atoms with van der Waals surface area (Å²) in [5.41, 5.74) is 2.33. The molecule has 1 atom stereocenters. The quantitative estimate of drug-likeness (QED) is 0.744. The number of hydrogen-bond donors (Lipinski definition) is 1. The normalized spacial score (nSPS) is 31.6. The molecule has 4 rings (SSSR count). The topological polar surface area (TPSA) is 36.9 Å². The van der Waals surface area contributed by atoms with E-state index >= 15 is 0 Å². The van der Waals surface area contributed by atoms with Gasteiger partial charge in [0.05, 0.1) is 6.54 Å². The second-order valence-electron chi connectivity index (χ2n) is 6.39. The van der Waals surface area contributed by atoms with Gasteiger partial charge >= 0.3 is 0 Å². The van der Waals surface area contributed by atoms with Crippen LogP contribution in [0.15, 0.2) is 24.3 Å². The van der Waals surface area contributed by atoms with Crippen LogP contribution in [0.5, 0.6) is 0 Å². The number of nitrogens with zero attached hydrogens (tertiary/aromatic N) is 1. The van der Waals surface area contributed by atoms with Gasteiger partial charge in [-0.15, -0.1) is 0 Å². The third-order valence-electron chi connectivity index (χ3n) is 5.80. The summed E-state index contributed by atoms with van der Waals surface area (Å²) >= 11 is 0. The molecule has 1 aromatic carbocycles. The first-order valence-corrected chi connectivity index (χ1v) is 7.43. The van der Waals surface area contributed by atoms with Crippen molar-refractivity contribution in [3.63, 3.8) is 0 Å². The van der Waals surface area contributed by atoms with Gasteiger partial charge in [0.25, 0.3) is 0 Å². The molecular weight excluding hydrogens is 236 g/mol. The number of quaternary nitrogens is 1. The summed E-state index contributed by atoms with van der Waals surface area (Å²) < 4.78 is 0. The van der Waals surface area contributed by atoms with Gasteiger partial charge in [-0.25, -0.2) is 0 Å². The van der Waals surface area contributed by atoms with Gasteiger partial charge in [-0.3, -0.25) is 4.79 Å². The lowest BCUT2D eigenvalue weighted by molar-refractivity contribution is -0.710. The molecule has 3 aliphatic rings. The molecule has 0 aromatic heterocycles. The van der Waals surface area contributed by atoms with Crippen molar-refractivity contribution >= 4 is 11.6 Å². The monoisotopic (exact) mass is 257 g/mol. The third kappa shape index (κ3) is 1.15. The summed E-state index contributed by atoms with van der Waals surface area (Å²) in [5, 5.41) is 2.48. The highest BCUT2D eigenvalue weighted by molar-refractivity contribution is 6.09. The minimum absolute atomic E-state index is 0.144. The van der Waals surface area contributed by atoms with Crippen LogP contribution in [-0.4, -0.2) is 25.0 Å². The molecule has 0 unspecified atom stereocenters. The van der Waals surface area contributed by atoms with Crippen molar-refractivity contribution in [2.75, 3.05) is 18.5 Å². The van der Waals surface area contributed by atoms with Crippen LogP contribution in [0.1, 0.15) is 37.7 Å². The first kappa shape index (κ1) is 11.5. The third-order valence-corrected chi connectivity index (χ3v) is 5.80. The summed E-state index contributed by atoms with van der Waals surface area (Å²) in [6, 6.07) is 8.43. The van der Waals surface area contributed by atoms with Crippen LogP contribution < -0.4 is 10.2 Å². The van der Waals surface area contributed by atoms with E-state index in [1.54, 1.807) is 0 Å². The maximum atomic E-state index is 13.1. The number of amides is 1. The van der Waals surface area contributed by atoms with Crippen LogP contribution in [0.2, 0.25) is 0 Å². The van der Waals surface area contributed by atoms with Gasteiger partial charge in [0.2, 0.25) is 5.91 Å². The molecule has 1 amide bonds. The van der Waals surface area contributed by atoms with Crippen molar-refractivity contribution in [2.45, 2.75) is 43.1 Å². The van der Waals surface area contributed by atoms with Gasteiger partial charge < -0.3 is 10.2 Å². The Balaban J connectivity index is 1.97. The fraction of sp³-hybridized carbons (Fsp3) is 0.562. The molecule has 0 bridgehead atoms. The number of carbonyl (C=O) groups is 1. The second-order valence-corrected chi connectivity index (χ2v) is 6.39. The molecule has 2 fully saturated rings. The molecule has 2 heterocycles. The molecule has 0 radical (unpaired) electrons. The zero-order valence-electron chi connectivity index (χ0n) is 11.5. The SMILES string of the molecule is CN1C(=O)[C@]2(CC[NH2+]C23CCCC3)c2ccccc21. The highest BCUT2D eigenvalue weighted by Crippen LogP contribution is 2.54. The summed E-state index contributed by atoms with van der Waals surface area (Å²) in [4.78, 5) is 15.0. The van der Waals surface area contributed by atoms with E-state index in [-0.39, 0.29) is 11.0 Å². The van der Waals surface area contributed by atoms with Crippen molar-refractivity contribution in [3.05, 3.63) is 29.8 Å². The molecule has 2 N–H and O–H groups in total. The number of para-hydroxylation sites is 1. The molecule has 1 aromatic rings. The van der Waals surface area contributed by atoms with E-state index in [2.05, 4.69) is 23.5 Å². The zero-order chi connectivity index (χ0) is 13.1. The van der Waals surface area contributed by atoms with Crippen molar-refractivity contribution in [2.24, 2.45) is 0 Å². The van der Waals surface area contributed by atoms with Crippen molar-refractivity contribution in [3.8, 4) is 0 Å². The number of carbonyl (C=O) groups excluding carboxylic acids is 1. The molecular formula is C16H21N2O+. The Bertz CT molecular complexity index is 542. The zero-order valence-corrected chi connectivity index (χ0v) is 11.5. The van der Waals surface area contributed by atoms with Crippen LogP contribution in [0.4, 0.5) is 5.69 Å². The molecule has 1 aliphatic carbocycles. The number of fused-ring (bicyclic) bond motifs is 3. The first-order chi connectivity index (χ1) is 9.21. The van der Waals surface area contributed by atoms with Gasteiger partial charge in [0.1, 0.15) is 11.0 Å². The van der Waals surface area contributed by atoms with Crippen LogP contribution in [0.3, 0.4) is 0 Å². The van der Waals surface area contributed by atoms with E-state index in [1.807, 2.05) is 18.0 Å². The molecule has 100 valence electrons. The minimum Gasteiger partial charge on any atom is -0.340 e. The number of anilines is 1. The number of benzene rings is 1. The summed E-state index contributed by atoms with van der Waals surface area (Å²) in [5.74, 6) is 0.337. The van der Waals surface area contributed by atoms with Gasteiger partial charge in [0, 0.05) is 32.0 Å². The van der Waals surface area contributed by atoms with E-state index in [1.165, 1.54) is 31.2 Å². The Morgan fingerprint density at radius 3 is 2.68 bits per heavy atom. The fourth-order valence-electron chi connectivity index (χ4n) is 4.99. The van der Waals surface area contributed by atoms with Crippen molar-refractivity contribution in [1.82, 2.24) is 0 Å². The smallest absolute Gasteiger partial charge is 0.244 e. The lowest BCUT2D eigenvalue weighted by Crippen LogP contribution is -2.96. The lowest BCUT2D eigenvalue weighted by atomic mass is 9.65. The van der Waals surface area contributed by atoms with Crippen LogP contribution in [0, 0.1) is 0 Å². The Kier molecular flexibility index (Phi) is 2.17. The highest BCUT2D eigenvalue weighted by atomic mass is 16.2. The van der Waals surface area contributed by atoms with Crippen molar-refractivity contribution in [1.29, 1.82) is 0 Å². The molecule has 1 saturated carbocycles. The second kappa shape index (κ2) is 3.60. The maximum Gasteiger partial charge on any atom is 0.244 e. The fourth-order valence-corrected chi connectivity index (χ4v) is 4.99. The summed E-state index contributed by atoms with van der Waals surface area (Å²) in [7, 11) is 1.94. The highest BCUT2D eigenvalue weighted by Gasteiger charge is 2.68. The molecule has 3 heteroatoms. The largest absolute Gasteiger partial charge is 0.340 e. The predicted molar refractivity (Wildman–Crippen MR) is 74.1 cm³/mol. The van der Waals surface area contributed by atoms with Gasteiger partial charge in [0.15, 0.2) is 0 Å². The number of hydrogen-bond acceptors (Lipinski definition) is 1. The van der Waals surface area contributed by atoms with E-state index in [0.29, 0.717) is 5.91 Å². The van der Waals surface area contributed by atoms with Crippen molar-refractivity contribution < 1.29 is 10.1 Å². The van der Waals surface area contributed by atoms with Crippen LogP contribution in [-0.2, 0) is 10.2 Å². The Morgan fingerprint density at radius 2 is 1.89 bits per heavy atom. The van der Waals surface area contributed by atoms with Crippen LogP contribution in [0.25, 0.3) is 0 Å². The van der Waals surface area contributed by atoms with Gasteiger partial charge in [-0.05, 0) is 24.5 Å². The number of likely N-dealkylation sites (N-methyl/N-ethyl adjacent to an activating group) is 1. The van der Waals surface area contributed by atoms with E-state index in [4.69, 9.17) is 0 Å². The van der Waals surface area contributed by atoms with E-state index in [0.717, 1.165) is 18.7 Å². The van der Waals surface area contributed by atoms with Gasteiger partial charge in [-0.2, -0.15) is 0 Å². The standard InChI is InChI=1S/C16H20N2O/c1-18-13-7-3-2-6-12(13)16(14(18)19)10-11-17-15(16)8-4-5-9-15/h2-3,6-7,17H,4-5,8-11H2,1H3/p+1/t16-/m0/s1. The average molecular weight is 257 g/mol. The average Bonchev–Trinajstić information content (AvgIpc) is 3.11. The van der Waals surface area contributed by atoms with E-state index < -0.39 is 0 Å². The number of nitrogens with two attached hydrogens (primary N) is 1. The molecule has 2 aliphatic heterocycles. The van der Waals surface area contributed by atoms with E-state index in [9.17, 15) is 4.79 Å². The van der Waals surface area contributed by atoms with Crippen LogP contribution >= 0.6 is 0 Å². The Labute approximate surface area is 114 Å². The minimum atomic E-state index is -0.241. The maximum absolute atomic E-state index is 13.1. The number of rotatable bonds is 0. The molecule has 3 nitrogen and oxygen atoms in total. The first-order valence-electron chi connectivity index (χ1n) is 7.43. The molecule has 1 saturated heterocycles. The lowest BCUT2D eigenvalue weighted by Gasteiger charge is -2.36. The summed E-state index contributed by atoms with van der Waals surface area (Å²) in [6.45, 7) is 1.09. The predicted octanol–water partition coefficient (Wildman–Crippen LogP) is 1.18. The molecule has 2 spiro atoms. The van der Waals surface area contributed by atoms with Gasteiger partial charge in [-0.1, -0.05) is 18.2 Å². The molecule has 19 heavy (non-hydrogen) atoms.